The molecule has 0 unspecified atom stereocenters. The molecule has 1 spiro atoms. The molecule has 1 saturated carbocycles. The van der Waals surface area contributed by atoms with Gasteiger partial charge in [-0.25, -0.2) is 9.78 Å². The van der Waals surface area contributed by atoms with E-state index in [1.807, 2.05) is 18.7 Å². The lowest BCUT2D eigenvalue weighted by atomic mass is 9.58. The highest BCUT2D eigenvalue weighted by molar-refractivity contribution is 7.99. The molecular weight excluding hydrogens is 436 g/mol. The largest absolute Gasteiger partial charge is 0.376 e. The van der Waals surface area contributed by atoms with Crippen LogP contribution in [0.15, 0.2) is 11.6 Å². The van der Waals surface area contributed by atoms with E-state index in [1.54, 1.807) is 0 Å². The van der Waals surface area contributed by atoms with E-state index in [4.69, 9.17) is 35.6 Å². The molecule has 5 aliphatic rings. The van der Waals surface area contributed by atoms with Gasteiger partial charge in [0.05, 0.1) is 6.61 Å². The van der Waals surface area contributed by atoms with Crippen molar-refractivity contribution in [2.75, 3.05) is 19.0 Å². The van der Waals surface area contributed by atoms with Crippen LogP contribution < -0.4 is 0 Å². The van der Waals surface area contributed by atoms with Gasteiger partial charge in [-0.1, -0.05) is 44.9 Å². The van der Waals surface area contributed by atoms with E-state index in [-0.39, 0.29) is 11.7 Å². The zero-order valence-electron chi connectivity index (χ0n) is 19.3. The van der Waals surface area contributed by atoms with Crippen LogP contribution in [0.1, 0.15) is 72.1 Å². The molecular formula is C24H39ClO5S. The van der Waals surface area contributed by atoms with Crippen LogP contribution in [-0.2, 0) is 24.0 Å². The summed E-state index contributed by atoms with van der Waals surface area (Å²) in [4.78, 5) is 12.1. The Balaban J connectivity index is 1.29. The normalized spacial score (nSPS) is 44.0. The van der Waals surface area contributed by atoms with Crippen molar-refractivity contribution in [3.8, 4) is 0 Å². The van der Waals surface area contributed by atoms with E-state index in [0.717, 1.165) is 38.0 Å². The Kier molecular flexibility index (Phi) is 8.00. The maximum Gasteiger partial charge on any atom is 0.201 e. The van der Waals surface area contributed by atoms with Crippen LogP contribution in [0.25, 0.3) is 0 Å². The van der Waals surface area contributed by atoms with Crippen molar-refractivity contribution in [1.82, 2.24) is 0 Å². The number of ether oxygens (including phenoxy) is 3. The van der Waals surface area contributed by atoms with Crippen molar-refractivity contribution in [3.05, 3.63) is 11.6 Å². The Labute approximate surface area is 196 Å². The topological polar surface area (TPSA) is 46.2 Å². The molecule has 0 radical (unpaired) electrons. The first-order chi connectivity index (χ1) is 14.9. The van der Waals surface area contributed by atoms with Crippen molar-refractivity contribution < 1.29 is 24.0 Å². The van der Waals surface area contributed by atoms with E-state index < -0.39 is 11.4 Å². The van der Waals surface area contributed by atoms with Crippen molar-refractivity contribution in [2.24, 2.45) is 23.7 Å². The standard InChI is InChI=1S/C24H39ClO5S/c1-16-9-10-20-18(3)21(31-14-8-6-5-7-13-26-15-17(2)25)27-22-24(20)19(16)11-12-23(4,28-22)29-30-24/h16,18-22H,2,5-15H2,1,3-4H3/t16-,18-,19+,20+,21+,22-,23+,24-/m1/s1. The van der Waals surface area contributed by atoms with Crippen LogP contribution in [-0.4, -0.2) is 42.1 Å². The number of rotatable bonds is 10. The Morgan fingerprint density at radius 1 is 1.10 bits per heavy atom. The minimum Gasteiger partial charge on any atom is -0.376 e. The minimum absolute atomic E-state index is 0.152. The number of hydrogen-bond acceptors (Lipinski definition) is 6. The molecule has 8 atom stereocenters. The number of fused-ring (bicyclic) bond motifs is 2. The summed E-state index contributed by atoms with van der Waals surface area (Å²) in [6, 6.07) is 0. The van der Waals surface area contributed by atoms with E-state index in [0.29, 0.717) is 35.3 Å². The van der Waals surface area contributed by atoms with Crippen molar-refractivity contribution in [1.29, 1.82) is 0 Å². The number of unbranched alkanes of at least 4 members (excludes halogenated alkanes) is 3. The molecule has 7 heteroatoms. The Morgan fingerprint density at radius 2 is 1.90 bits per heavy atom. The lowest BCUT2D eigenvalue weighted by Gasteiger charge is -2.60. The maximum absolute atomic E-state index is 6.63. The summed E-state index contributed by atoms with van der Waals surface area (Å²) in [7, 11) is 0. The number of thioether (sulfide) groups is 1. The van der Waals surface area contributed by atoms with E-state index >= 15 is 0 Å². The molecule has 4 saturated heterocycles. The molecule has 4 heterocycles. The fraction of sp³-hybridized carbons (Fsp3) is 0.917. The summed E-state index contributed by atoms with van der Waals surface area (Å²) in [5.74, 6) is 2.30. The van der Waals surface area contributed by atoms with Gasteiger partial charge < -0.3 is 14.2 Å². The number of halogens is 1. The highest BCUT2D eigenvalue weighted by Crippen LogP contribution is 2.61. The second kappa shape index (κ2) is 10.2. The summed E-state index contributed by atoms with van der Waals surface area (Å²) in [5, 5.41) is 0.565. The smallest absolute Gasteiger partial charge is 0.201 e. The van der Waals surface area contributed by atoms with Gasteiger partial charge in [-0.05, 0) is 62.5 Å². The van der Waals surface area contributed by atoms with Crippen LogP contribution in [0.5, 0.6) is 0 Å². The van der Waals surface area contributed by atoms with E-state index in [9.17, 15) is 0 Å². The summed E-state index contributed by atoms with van der Waals surface area (Å²) >= 11 is 7.66. The van der Waals surface area contributed by atoms with Crippen molar-refractivity contribution in [2.45, 2.75) is 95.3 Å². The molecule has 1 aliphatic carbocycles. The Morgan fingerprint density at radius 3 is 2.71 bits per heavy atom. The second-order valence-corrected chi connectivity index (χ2v) is 11.9. The summed E-state index contributed by atoms with van der Waals surface area (Å²) in [6.45, 7) is 11.5. The summed E-state index contributed by atoms with van der Waals surface area (Å²) in [5.41, 5.74) is -0.294. The molecule has 31 heavy (non-hydrogen) atoms. The highest BCUT2D eigenvalue weighted by Gasteiger charge is 2.69. The molecule has 0 amide bonds. The molecule has 0 N–H and O–H groups in total. The quantitative estimate of drug-likeness (QED) is 0.275. The Hall–Kier alpha value is 0.180. The monoisotopic (exact) mass is 474 g/mol. The van der Waals surface area contributed by atoms with Crippen LogP contribution in [0.2, 0.25) is 0 Å². The minimum atomic E-state index is -0.689. The molecule has 5 nitrogen and oxygen atoms in total. The molecule has 4 aliphatic heterocycles. The zero-order valence-corrected chi connectivity index (χ0v) is 20.8. The molecule has 0 aromatic carbocycles. The first kappa shape index (κ1) is 24.3. The summed E-state index contributed by atoms with van der Waals surface area (Å²) in [6.07, 6.45) is 8.69. The lowest BCUT2D eigenvalue weighted by molar-refractivity contribution is -0.568. The van der Waals surface area contributed by atoms with Gasteiger partial charge in [0.1, 0.15) is 5.44 Å². The maximum atomic E-state index is 6.63. The fourth-order valence-electron chi connectivity index (χ4n) is 6.10. The van der Waals surface area contributed by atoms with Crippen LogP contribution in [0.4, 0.5) is 0 Å². The predicted molar refractivity (Wildman–Crippen MR) is 124 cm³/mol. The third-order valence-electron chi connectivity index (χ3n) is 7.82. The van der Waals surface area contributed by atoms with Crippen molar-refractivity contribution in [3.63, 3.8) is 0 Å². The lowest BCUT2D eigenvalue weighted by Crippen LogP contribution is -2.70. The fourth-order valence-corrected chi connectivity index (χ4v) is 7.46. The molecule has 178 valence electrons. The predicted octanol–water partition coefficient (Wildman–Crippen LogP) is 6.26. The third kappa shape index (κ3) is 5.01. The van der Waals surface area contributed by atoms with Crippen LogP contribution >= 0.6 is 23.4 Å². The van der Waals surface area contributed by atoms with Gasteiger partial charge in [-0.2, -0.15) is 0 Å². The van der Waals surface area contributed by atoms with E-state index in [1.165, 1.54) is 25.7 Å². The van der Waals surface area contributed by atoms with Gasteiger partial charge in [-0.3, -0.25) is 0 Å². The van der Waals surface area contributed by atoms with E-state index in [2.05, 4.69) is 20.4 Å². The van der Waals surface area contributed by atoms with Crippen LogP contribution in [0, 0.1) is 23.7 Å². The van der Waals surface area contributed by atoms with Gasteiger partial charge >= 0.3 is 0 Å². The van der Waals surface area contributed by atoms with Crippen molar-refractivity contribution >= 4 is 23.4 Å². The average Bonchev–Trinajstić information content (AvgIpc) is 2.96. The third-order valence-corrected chi connectivity index (χ3v) is 9.32. The van der Waals surface area contributed by atoms with Gasteiger partial charge in [0.25, 0.3) is 0 Å². The highest BCUT2D eigenvalue weighted by atomic mass is 35.5. The molecule has 2 bridgehead atoms. The second-order valence-electron chi connectivity index (χ2n) is 10.1. The first-order valence-electron chi connectivity index (χ1n) is 12.1. The molecule has 0 aromatic heterocycles. The van der Waals surface area contributed by atoms with Gasteiger partial charge in [0, 0.05) is 24.0 Å². The zero-order chi connectivity index (χ0) is 22.1. The molecule has 5 fully saturated rings. The van der Waals surface area contributed by atoms with Crippen LogP contribution in [0.3, 0.4) is 0 Å². The molecule has 5 rings (SSSR count). The SMILES string of the molecule is C=C(Cl)COCCCCCCS[C@@H]1O[C@@H]2O[C@]3(C)CC[C@H]4[C@H](C)CC[C@@H]([C@H]1C)[C@@]24OO3. The van der Waals surface area contributed by atoms with Gasteiger partial charge in [-0.15, -0.1) is 11.8 Å². The van der Waals surface area contributed by atoms with Gasteiger partial charge in [0.15, 0.2) is 11.9 Å². The molecule has 0 aromatic rings. The first-order valence-corrected chi connectivity index (χ1v) is 13.5. The Bertz CT molecular complexity index is 635. The average molecular weight is 475 g/mol. The van der Waals surface area contributed by atoms with Gasteiger partial charge in [0.2, 0.25) is 5.79 Å². The number of hydrogen-bond donors (Lipinski definition) is 0. The summed E-state index contributed by atoms with van der Waals surface area (Å²) < 4.78 is 18.5.